The molecule has 3 amide bonds. The molecule has 2 atom stereocenters. The van der Waals surface area contributed by atoms with Gasteiger partial charge >= 0.3 is 6.09 Å². The molecule has 0 radical (unpaired) electrons. The number of Topliss-reactive ketones (excluding diaryl/α,β-unsaturated/α-hetero) is 1. The number of rotatable bonds is 6. The predicted octanol–water partition coefficient (Wildman–Crippen LogP) is 1.28. The number of nitrogens with zero attached hydrogens (tertiary/aromatic N) is 1. The first-order chi connectivity index (χ1) is 15.8. The molecule has 0 bridgehead atoms. The zero-order chi connectivity index (χ0) is 23.8. The Morgan fingerprint density at radius 3 is 2.73 bits per heavy atom. The van der Waals surface area contributed by atoms with Crippen LogP contribution in [0.3, 0.4) is 0 Å². The molecule has 33 heavy (non-hydrogen) atoms. The van der Waals surface area contributed by atoms with Crippen LogP contribution in [0.15, 0.2) is 41.1 Å². The number of ether oxygens (including phenoxy) is 1. The average Bonchev–Trinajstić information content (AvgIpc) is 3.24. The molecule has 1 aromatic carbocycles. The number of carbonyl (C=O) groups excluding carboxylic acids is 4. The summed E-state index contributed by atoms with van der Waals surface area (Å²) >= 11 is 0. The lowest BCUT2D eigenvalue weighted by Gasteiger charge is -2.24. The van der Waals surface area contributed by atoms with Gasteiger partial charge in [-0.25, -0.2) is 4.79 Å². The number of hydrogen-bond donors (Lipinski definition) is 3. The lowest BCUT2D eigenvalue weighted by atomic mass is 9.99. The highest BCUT2D eigenvalue weighted by atomic mass is 16.5. The minimum absolute atomic E-state index is 0.0173. The van der Waals surface area contributed by atoms with E-state index < -0.39 is 35.8 Å². The van der Waals surface area contributed by atoms with Gasteiger partial charge in [-0.3, -0.25) is 14.4 Å². The Morgan fingerprint density at radius 2 is 2.00 bits per heavy atom. The van der Waals surface area contributed by atoms with E-state index >= 15 is 0 Å². The summed E-state index contributed by atoms with van der Waals surface area (Å²) in [5.74, 6) is -2.04. The van der Waals surface area contributed by atoms with Gasteiger partial charge in [-0.15, -0.1) is 0 Å². The van der Waals surface area contributed by atoms with Crippen LogP contribution in [0, 0.1) is 5.92 Å². The van der Waals surface area contributed by atoms with Gasteiger partial charge in [0.1, 0.15) is 24.5 Å². The van der Waals surface area contributed by atoms with Gasteiger partial charge in [0.25, 0.3) is 5.91 Å². The molecule has 3 rings (SSSR count). The van der Waals surface area contributed by atoms with E-state index in [4.69, 9.17) is 9.26 Å². The standard InChI is InChI=1S/C23H28N4O6/c1-14(2)19(27-23(31)32-13-15-7-4-3-5-8-15)21(29)26-17-11-18-16(12-25-33-18)9-6-10-24-22(30)20(17)28/h3-5,7-8,12,14,17,19H,6,9-11,13H2,1-2H3,(H,24,30)(H,26,29)(H,27,31). The SMILES string of the molecule is CC(C)C(NC(=O)OCc1ccccc1)C(=O)NC1Cc2oncc2CCCNC(=O)C1=O. The van der Waals surface area contributed by atoms with Gasteiger partial charge in [0.15, 0.2) is 0 Å². The number of amides is 3. The molecule has 2 aromatic rings. The highest BCUT2D eigenvalue weighted by Crippen LogP contribution is 2.15. The largest absolute Gasteiger partial charge is 0.445 e. The minimum atomic E-state index is -1.16. The average molecular weight is 456 g/mol. The minimum Gasteiger partial charge on any atom is -0.445 e. The Hall–Kier alpha value is -3.69. The van der Waals surface area contributed by atoms with Crippen LogP contribution in [-0.4, -0.2) is 47.5 Å². The second-order valence-electron chi connectivity index (χ2n) is 8.19. The third kappa shape index (κ3) is 6.64. The molecule has 3 N–H and O–H groups in total. The van der Waals surface area contributed by atoms with Gasteiger partial charge in [-0.05, 0) is 24.3 Å². The first kappa shape index (κ1) is 24.0. The molecule has 0 saturated carbocycles. The van der Waals surface area contributed by atoms with Gasteiger partial charge in [0, 0.05) is 18.5 Å². The van der Waals surface area contributed by atoms with E-state index in [0.717, 1.165) is 11.1 Å². The summed E-state index contributed by atoms with van der Waals surface area (Å²) in [6, 6.07) is 6.99. The third-order valence-electron chi connectivity index (χ3n) is 5.32. The van der Waals surface area contributed by atoms with Crippen molar-refractivity contribution in [2.24, 2.45) is 5.92 Å². The number of aryl methyl sites for hydroxylation is 1. The number of ketones is 1. The van der Waals surface area contributed by atoms with E-state index in [0.29, 0.717) is 25.1 Å². The maximum atomic E-state index is 13.0. The molecule has 2 heterocycles. The quantitative estimate of drug-likeness (QED) is 0.557. The van der Waals surface area contributed by atoms with E-state index in [1.54, 1.807) is 20.0 Å². The van der Waals surface area contributed by atoms with E-state index in [2.05, 4.69) is 21.1 Å². The van der Waals surface area contributed by atoms with Crippen LogP contribution in [-0.2, 0) is 38.6 Å². The van der Waals surface area contributed by atoms with Gasteiger partial charge in [-0.1, -0.05) is 49.3 Å². The first-order valence-electron chi connectivity index (χ1n) is 10.9. The predicted molar refractivity (Wildman–Crippen MR) is 117 cm³/mol. The Labute approximate surface area is 191 Å². The maximum Gasteiger partial charge on any atom is 0.408 e. The summed E-state index contributed by atoms with van der Waals surface area (Å²) in [6.45, 7) is 3.87. The number of nitrogens with one attached hydrogen (secondary N) is 3. The second kappa shape index (κ2) is 11.3. The summed E-state index contributed by atoms with van der Waals surface area (Å²) in [7, 11) is 0. The number of fused-ring (bicyclic) bond motifs is 1. The molecule has 2 unspecified atom stereocenters. The number of aromatic nitrogens is 1. The van der Waals surface area contributed by atoms with Crippen molar-refractivity contribution in [3.63, 3.8) is 0 Å². The van der Waals surface area contributed by atoms with Crippen molar-refractivity contribution >= 4 is 23.7 Å². The second-order valence-corrected chi connectivity index (χ2v) is 8.19. The number of benzene rings is 1. The number of alkyl carbamates (subject to hydrolysis) is 1. The van der Waals surface area contributed by atoms with Crippen molar-refractivity contribution in [3.8, 4) is 0 Å². The molecule has 1 aliphatic rings. The van der Waals surface area contributed by atoms with Crippen molar-refractivity contribution < 1.29 is 28.4 Å². The van der Waals surface area contributed by atoms with Crippen molar-refractivity contribution in [3.05, 3.63) is 53.4 Å². The fourth-order valence-electron chi connectivity index (χ4n) is 3.47. The molecule has 0 fully saturated rings. The zero-order valence-corrected chi connectivity index (χ0v) is 18.6. The molecule has 1 aliphatic heterocycles. The summed E-state index contributed by atoms with van der Waals surface area (Å²) in [4.78, 5) is 50.2. The highest BCUT2D eigenvalue weighted by molar-refractivity contribution is 6.38. The molecule has 0 aliphatic carbocycles. The van der Waals surface area contributed by atoms with Crippen LogP contribution in [0.2, 0.25) is 0 Å². The zero-order valence-electron chi connectivity index (χ0n) is 18.6. The van der Waals surface area contributed by atoms with E-state index in [1.807, 2.05) is 30.3 Å². The van der Waals surface area contributed by atoms with Crippen molar-refractivity contribution in [1.29, 1.82) is 0 Å². The molecule has 176 valence electrons. The van der Waals surface area contributed by atoms with Gasteiger partial charge in [-0.2, -0.15) is 0 Å². The Kier molecular flexibility index (Phi) is 8.17. The topological polar surface area (TPSA) is 140 Å². The van der Waals surface area contributed by atoms with E-state index in [9.17, 15) is 19.2 Å². The fourth-order valence-corrected chi connectivity index (χ4v) is 3.47. The third-order valence-corrected chi connectivity index (χ3v) is 5.32. The highest BCUT2D eigenvalue weighted by Gasteiger charge is 2.33. The fraction of sp³-hybridized carbons (Fsp3) is 0.435. The Balaban J connectivity index is 1.67. The van der Waals surface area contributed by atoms with Crippen LogP contribution in [0.5, 0.6) is 0 Å². The van der Waals surface area contributed by atoms with Crippen molar-refractivity contribution in [1.82, 2.24) is 21.1 Å². The van der Waals surface area contributed by atoms with Crippen LogP contribution in [0.1, 0.15) is 37.2 Å². The number of carbonyl (C=O) groups is 4. The molecular weight excluding hydrogens is 428 g/mol. The van der Waals surface area contributed by atoms with Gasteiger partial charge in [0.2, 0.25) is 11.7 Å². The van der Waals surface area contributed by atoms with E-state index in [-0.39, 0.29) is 18.9 Å². The molecule has 0 spiro atoms. The summed E-state index contributed by atoms with van der Waals surface area (Å²) in [5, 5.41) is 11.5. The lowest BCUT2D eigenvalue weighted by Crippen LogP contribution is -2.56. The first-order valence-corrected chi connectivity index (χ1v) is 10.9. The summed E-state index contributed by atoms with van der Waals surface area (Å²) in [5.41, 5.74) is 1.63. The normalized spacial score (nSPS) is 17.5. The Morgan fingerprint density at radius 1 is 1.24 bits per heavy atom. The monoisotopic (exact) mass is 456 g/mol. The smallest absolute Gasteiger partial charge is 0.408 e. The van der Waals surface area contributed by atoms with Crippen LogP contribution in [0.4, 0.5) is 4.79 Å². The van der Waals surface area contributed by atoms with Crippen molar-refractivity contribution in [2.75, 3.05) is 6.54 Å². The van der Waals surface area contributed by atoms with Crippen LogP contribution >= 0.6 is 0 Å². The van der Waals surface area contributed by atoms with Crippen molar-refractivity contribution in [2.45, 2.75) is 51.8 Å². The van der Waals surface area contributed by atoms with Gasteiger partial charge in [0.05, 0.1) is 6.20 Å². The summed E-state index contributed by atoms with van der Waals surface area (Å²) in [6.07, 6.45) is 2.05. The molecule has 0 saturated heterocycles. The summed E-state index contributed by atoms with van der Waals surface area (Å²) < 4.78 is 10.5. The molecule has 1 aromatic heterocycles. The lowest BCUT2D eigenvalue weighted by molar-refractivity contribution is -0.140. The van der Waals surface area contributed by atoms with Crippen LogP contribution < -0.4 is 16.0 Å². The van der Waals surface area contributed by atoms with E-state index in [1.165, 1.54) is 0 Å². The van der Waals surface area contributed by atoms with Crippen LogP contribution in [0.25, 0.3) is 0 Å². The molecule has 10 heteroatoms. The molecule has 10 nitrogen and oxygen atoms in total. The number of hydrogen-bond acceptors (Lipinski definition) is 7. The maximum absolute atomic E-state index is 13.0. The van der Waals surface area contributed by atoms with Gasteiger partial charge < -0.3 is 25.2 Å². The Bertz CT molecular complexity index is 988. The molecular formula is C23H28N4O6.